The maximum atomic E-state index is 10.5. The van der Waals surface area contributed by atoms with Crippen LogP contribution in [0.5, 0.6) is 5.75 Å². The molecule has 0 aliphatic heterocycles. The SMILES string of the molecule is O.O=S(=O)(O)Oc1cccc2cccnc12. The van der Waals surface area contributed by atoms with Crippen LogP contribution in [0.4, 0.5) is 0 Å². The van der Waals surface area contributed by atoms with Gasteiger partial charge in [0.15, 0.2) is 5.75 Å². The van der Waals surface area contributed by atoms with Crippen molar-refractivity contribution in [2.75, 3.05) is 0 Å². The van der Waals surface area contributed by atoms with Gasteiger partial charge < -0.3 is 9.66 Å². The van der Waals surface area contributed by atoms with Crippen LogP contribution in [0.25, 0.3) is 10.9 Å². The van der Waals surface area contributed by atoms with Gasteiger partial charge in [-0.2, -0.15) is 8.42 Å². The molecule has 0 saturated heterocycles. The molecule has 86 valence electrons. The number of hydrogen-bond donors (Lipinski definition) is 1. The summed E-state index contributed by atoms with van der Waals surface area (Å²) in [5.41, 5.74) is 0.387. The van der Waals surface area contributed by atoms with Gasteiger partial charge in [-0.1, -0.05) is 18.2 Å². The van der Waals surface area contributed by atoms with E-state index in [9.17, 15) is 8.42 Å². The van der Waals surface area contributed by atoms with E-state index < -0.39 is 10.4 Å². The molecule has 1 aromatic heterocycles. The molecule has 16 heavy (non-hydrogen) atoms. The molecule has 2 rings (SSSR count). The lowest BCUT2D eigenvalue weighted by atomic mass is 10.2. The van der Waals surface area contributed by atoms with Crippen LogP contribution < -0.4 is 4.18 Å². The summed E-state index contributed by atoms with van der Waals surface area (Å²) >= 11 is 0. The number of benzene rings is 1. The lowest BCUT2D eigenvalue weighted by molar-refractivity contribution is 0.388. The smallest absolute Gasteiger partial charge is 0.412 e. The standard InChI is InChI=1S/C9H7NO4S.H2O/c11-15(12,13)14-8-5-1-3-7-4-2-6-10-9(7)8;/h1-6H,(H,11,12,13);1H2. The van der Waals surface area contributed by atoms with Crippen LogP contribution in [0.1, 0.15) is 0 Å². The highest BCUT2D eigenvalue weighted by Gasteiger charge is 2.10. The molecular formula is C9H9NO5S. The number of rotatable bonds is 2. The molecular weight excluding hydrogens is 234 g/mol. The summed E-state index contributed by atoms with van der Waals surface area (Å²) in [6.07, 6.45) is 1.51. The molecule has 0 unspecified atom stereocenters. The largest absolute Gasteiger partial charge is 0.446 e. The van der Waals surface area contributed by atoms with Crippen molar-refractivity contribution in [1.29, 1.82) is 0 Å². The summed E-state index contributed by atoms with van der Waals surface area (Å²) < 4.78 is 34.0. The molecule has 2 aromatic rings. The third-order valence-corrected chi connectivity index (χ3v) is 2.18. The Morgan fingerprint density at radius 3 is 2.56 bits per heavy atom. The van der Waals surface area contributed by atoms with Crippen molar-refractivity contribution in [2.45, 2.75) is 0 Å². The molecule has 6 nitrogen and oxygen atoms in total. The van der Waals surface area contributed by atoms with E-state index in [2.05, 4.69) is 9.17 Å². The molecule has 0 saturated carbocycles. The Labute approximate surface area is 91.8 Å². The molecule has 1 heterocycles. The third-order valence-electron chi connectivity index (χ3n) is 1.79. The predicted octanol–water partition coefficient (Wildman–Crippen LogP) is 0.592. The normalized spacial score (nSPS) is 10.8. The van der Waals surface area contributed by atoms with Crippen LogP contribution >= 0.6 is 0 Å². The van der Waals surface area contributed by atoms with Crippen LogP contribution in [-0.2, 0) is 10.4 Å². The summed E-state index contributed by atoms with van der Waals surface area (Å²) in [6.45, 7) is 0. The highest BCUT2D eigenvalue weighted by atomic mass is 32.3. The summed E-state index contributed by atoms with van der Waals surface area (Å²) in [7, 11) is -4.51. The van der Waals surface area contributed by atoms with Crippen molar-refractivity contribution in [3.8, 4) is 5.75 Å². The van der Waals surface area contributed by atoms with E-state index in [1.807, 2.05) is 0 Å². The van der Waals surface area contributed by atoms with Crippen molar-refractivity contribution in [1.82, 2.24) is 4.98 Å². The molecule has 7 heteroatoms. The van der Waals surface area contributed by atoms with Crippen molar-refractivity contribution in [3.63, 3.8) is 0 Å². The number of pyridine rings is 1. The van der Waals surface area contributed by atoms with Gasteiger partial charge >= 0.3 is 10.4 Å². The highest BCUT2D eigenvalue weighted by Crippen LogP contribution is 2.23. The molecule has 0 fully saturated rings. The molecule has 0 radical (unpaired) electrons. The molecule has 0 bridgehead atoms. The van der Waals surface area contributed by atoms with E-state index in [4.69, 9.17) is 4.55 Å². The first-order valence-corrected chi connectivity index (χ1v) is 5.43. The number of nitrogens with zero attached hydrogens (tertiary/aromatic N) is 1. The molecule has 0 aliphatic rings. The van der Waals surface area contributed by atoms with E-state index in [0.717, 1.165) is 5.39 Å². The Bertz CT molecular complexity index is 590. The van der Waals surface area contributed by atoms with Crippen molar-refractivity contribution in [3.05, 3.63) is 36.5 Å². The summed E-state index contributed by atoms with van der Waals surface area (Å²) in [4.78, 5) is 3.96. The van der Waals surface area contributed by atoms with Crippen LogP contribution in [0.15, 0.2) is 36.5 Å². The molecule has 0 atom stereocenters. The zero-order valence-corrected chi connectivity index (χ0v) is 8.81. The monoisotopic (exact) mass is 243 g/mol. The van der Waals surface area contributed by atoms with Gasteiger partial charge in [0.25, 0.3) is 0 Å². The van der Waals surface area contributed by atoms with Crippen LogP contribution in [0.2, 0.25) is 0 Å². The lowest BCUT2D eigenvalue weighted by Gasteiger charge is -2.03. The van der Waals surface area contributed by atoms with Gasteiger partial charge in [0, 0.05) is 11.6 Å². The lowest BCUT2D eigenvalue weighted by Crippen LogP contribution is -2.07. The van der Waals surface area contributed by atoms with E-state index in [1.165, 1.54) is 12.3 Å². The second-order valence-corrected chi connectivity index (χ2v) is 3.86. The Morgan fingerprint density at radius 1 is 1.19 bits per heavy atom. The second kappa shape index (κ2) is 4.44. The molecule has 0 amide bonds. The Hall–Kier alpha value is -1.70. The van der Waals surface area contributed by atoms with Crippen molar-refractivity contribution >= 4 is 21.3 Å². The molecule has 1 aromatic carbocycles. The maximum absolute atomic E-state index is 10.5. The molecule has 0 spiro atoms. The van der Waals surface area contributed by atoms with Gasteiger partial charge in [0.1, 0.15) is 5.52 Å². The fourth-order valence-corrected chi connectivity index (χ4v) is 1.62. The second-order valence-electron chi connectivity index (χ2n) is 2.84. The minimum atomic E-state index is -4.51. The number of fused-ring (bicyclic) bond motifs is 1. The van der Waals surface area contributed by atoms with Gasteiger partial charge in [0.2, 0.25) is 0 Å². The van der Waals surface area contributed by atoms with Gasteiger partial charge in [-0.25, -0.2) is 0 Å². The Morgan fingerprint density at radius 2 is 1.88 bits per heavy atom. The van der Waals surface area contributed by atoms with E-state index in [0.29, 0.717) is 5.52 Å². The number of para-hydroxylation sites is 1. The zero-order chi connectivity index (χ0) is 10.9. The number of hydrogen-bond acceptors (Lipinski definition) is 4. The zero-order valence-electron chi connectivity index (χ0n) is 7.99. The average Bonchev–Trinajstić information content (AvgIpc) is 2.16. The first-order chi connectivity index (χ1) is 7.06. The third kappa shape index (κ3) is 2.66. The first kappa shape index (κ1) is 12.4. The van der Waals surface area contributed by atoms with Crippen molar-refractivity contribution in [2.24, 2.45) is 0 Å². The van der Waals surface area contributed by atoms with E-state index in [-0.39, 0.29) is 11.2 Å². The topological polar surface area (TPSA) is 108 Å². The first-order valence-electron chi connectivity index (χ1n) is 4.07. The summed E-state index contributed by atoms with van der Waals surface area (Å²) in [5, 5.41) is 0.735. The van der Waals surface area contributed by atoms with Gasteiger partial charge in [-0.15, -0.1) is 0 Å². The fraction of sp³-hybridized carbons (Fsp3) is 0. The van der Waals surface area contributed by atoms with E-state index >= 15 is 0 Å². The quantitative estimate of drug-likeness (QED) is 0.776. The minimum Gasteiger partial charge on any atom is -0.412 e. The fourth-order valence-electron chi connectivity index (χ4n) is 1.26. The van der Waals surface area contributed by atoms with Crippen LogP contribution in [0.3, 0.4) is 0 Å². The van der Waals surface area contributed by atoms with Gasteiger partial charge in [0.05, 0.1) is 0 Å². The van der Waals surface area contributed by atoms with Crippen molar-refractivity contribution < 1.29 is 22.6 Å². The highest BCUT2D eigenvalue weighted by molar-refractivity contribution is 7.81. The summed E-state index contributed by atoms with van der Waals surface area (Å²) in [5.74, 6) is 0.00981. The van der Waals surface area contributed by atoms with E-state index in [1.54, 1.807) is 24.3 Å². The Balaban J connectivity index is 0.00000128. The number of aromatic nitrogens is 1. The maximum Gasteiger partial charge on any atom is 0.446 e. The minimum absolute atomic E-state index is 0. The Kier molecular flexibility index (Phi) is 3.43. The van der Waals surface area contributed by atoms with Crippen LogP contribution in [0, 0.1) is 0 Å². The van der Waals surface area contributed by atoms with Crippen LogP contribution in [-0.4, -0.2) is 23.4 Å². The molecule has 0 aliphatic carbocycles. The van der Waals surface area contributed by atoms with Gasteiger partial charge in [-0.3, -0.25) is 9.54 Å². The predicted molar refractivity (Wildman–Crippen MR) is 57.5 cm³/mol. The summed E-state index contributed by atoms with van der Waals surface area (Å²) in [6, 6.07) is 8.28. The molecule has 3 N–H and O–H groups in total. The van der Waals surface area contributed by atoms with Gasteiger partial charge in [-0.05, 0) is 12.1 Å². The average molecular weight is 243 g/mol.